The van der Waals surface area contributed by atoms with Crippen LogP contribution in [0.3, 0.4) is 0 Å². The van der Waals surface area contributed by atoms with E-state index in [1.54, 1.807) is 0 Å². The summed E-state index contributed by atoms with van der Waals surface area (Å²) in [5.74, 6) is 0.119. The van der Waals surface area contributed by atoms with Gasteiger partial charge in [-0.2, -0.15) is 0 Å². The summed E-state index contributed by atoms with van der Waals surface area (Å²) in [6, 6.07) is 0. The van der Waals surface area contributed by atoms with E-state index in [1.165, 1.54) is 25.7 Å². The fourth-order valence-electron chi connectivity index (χ4n) is 1.35. The number of hydrogen-bond donors (Lipinski definition) is 2. The Balaban J connectivity index is 3.27. The minimum Gasteiger partial charge on any atom is -0.370 e. The number of alkyl halides is 2. The summed E-state index contributed by atoms with van der Waals surface area (Å²) in [4.78, 5) is 3.50. The van der Waals surface area contributed by atoms with Gasteiger partial charge in [0, 0.05) is 6.54 Å². The van der Waals surface area contributed by atoms with Crippen molar-refractivity contribution in [2.75, 3.05) is 13.1 Å². The third-order valence-electron chi connectivity index (χ3n) is 2.24. The van der Waals surface area contributed by atoms with Crippen molar-refractivity contribution in [3.05, 3.63) is 0 Å². The zero-order chi connectivity index (χ0) is 12.2. The molecule has 0 aromatic carbocycles. The molecule has 0 bridgehead atoms. The van der Waals surface area contributed by atoms with E-state index < -0.39 is 13.0 Å². The smallest absolute Gasteiger partial charge is 0.257 e. The number of halogens is 2. The number of hydrogen-bond acceptors (Lipinski definition) is 1. The van der Waals surface area contributed by atoms with Crippen LogP contribution < -0.4 is 11.1 Å². The largest absolute Gasteiger partial charge is 0.370 e. The van der Waals surface area contributed by atoms with Crippen molar-refractivity contribution < 1.29 is 8.78 Å². The van der Waals surface area contributed by atoms with E-state index >= 15 is 0 Å². The van der Waals surface area contributed by atoms with Crippen LogP contribution in [0.15, 0.2) is 4.99 Å². The number of rotatable bonds is 9. The molecule has 0 spiro atoms. The first-order valence-electron chi connectivity index (χ1n) is 5.98. The van der Waals surface area contributed by atoms with Gasteiger partial charge in [0.1, 0.15) is 6.54 Å². The third kappa shape index (κ3) is 11.2. The first-order valence-corrected chi connectivity index (χ1v) is 5.98. The third-order valence-corrected chi connectivity index (χ3v) is 2.24. The molecule has 0 radical (unpaired) electrons. The van der Waals surface area contributed by atoms with Gasteiger partial charge in [0.25, 0.3) is 6.43 Å². The summed E-state index contributed by atoms with van der Waals surface area (Å²) in [5.41, 5.74) is 5.39. The van der Waals surface area contributed by atoms with Crippen molar-refractivity contribution in [3.63, 3.8) is 0 Å². The summed E-state index contributed by atoms with van der Waals surface area (Å²) < 4.78 is 23.5. The van der Waals surface area contributed by atoms with Gasteiger partial charge < -0.3 is 11.1 Å². The molecule has 0 aromatic rings. The Morgan fingerprint density at radius 3 is 2.44 bits per heavy atom. The lowest BCUT2D eigenvalue weighted by molar-refractivity contribution is 0.158. The number of aliphatic imine (C=N–C) groups is 1. The highest BCUT2D eigenvalue weighted by Crippen LogP contribution is 2.03. The Labute approximate surface area is 96.5 Å². The maximum atomic E-state index is 11.8. The Kier molecular flexibility index (Phi) is 10.1. The number of nitrogens with two attached hydrogens (primary N) is 1. The van der Waals surface area contributed by atoms with Gasteiger partial charge in [0.2, 0.25) is 0 Å². The first kappa shape index (κ1) is 15.1. The summed E-state index contributed by atoms with van der Waals surface area (Å²) in [7, 11) is 0. The summed E-state index contributed by atoms with van der Waals surface area (Å²) in [5, 5.41) is 2.82. The molecule has 0 rings (SSSR count). The Morgan fingerprint density at radius 2 is 1.81 bits per heavy atom. The Bertz CT molecular complexity index is 184. The number of nitrogens with one attached hydrogen (secondary N) is 1. The molecule has 96 valence electrons. The van der Waals surface area contributed by atoms with Gasteiger partial charge in [0.05, 0.1) is 0 Å². The SMILES string of the molecule is CCCCCCCCNC(N)=NCC(F)F. The van der Waals surface area contributed by atoms with Crippen LogP contribution in [0.1, 0.15) is 45.4 Å². The molecule has 0 saturated carbocycles. The van der Waals surface area contributed by atoms with Gasteiger partial charge in [-0.05, 0) is 6.42 Å². The van der Waals surface area contributed by atoms with Crippen LogP contribution in [0.25, 0.3) is 0 Å². The minimum atomic E-state index is -2.42. The maximum absolute atomic E-state index is 11.8. The van der Waals surface area contributed by atoms with Crippen LogP contribution in [0.4, 0.5) is 8.78 Å². The normalized spacial score (nSPS) is 12.1. The second-order valence-corrected chi connectivity index (χ2v) is 3.81. The van der Waals surface area contributed by atoms with Gasteiger partial charge in [-0.3, -0.25) is 0 Å². The average Bonchev–Trinajstić information content (AvgIpc) is 2.25. The van der Waals surface area contributed by atoms with E-state index in [-0.39, 0.29) is 5.96 Å². The predicted octanol–water partition coefficient (Wildman–Crippen LogP) is 2.52. The molecule has 0 fully saturated rings. The molecule has 3 nitrogen and oxygen atoms in total. The molecular formula is C11H23F2N3. The Hall–Kier alpha value is -0.870. The summed E-state index contributed by atoms with van der Waals surface area (Å²) >= 11 is 0. The van der Waals surface area contributed by atoms with E-state index in [4.69, 9.17) is 5.73 Å². The molecule has 0 aliphatic heterocycles. The zero-order valence-electron chi connectivity index (χ0n) is 10.0. The van der Waals surface area contributed by atoms with Gasteiger partial charge in [-0.1, -0.05) is 39.0 Å². The monoisotopic (exact) mass is 235 g/mol. The van der Waals surface area contributed by atoms with E-state index in [0.29, 0.717) is 6.54 Å². The molecule has 0 aliphatic rings. The van der Waals surface area contributed by atoms with Gasteiger partial charge >= 0.3 is 0 Å². The molecule has 5 heteroatoms. The fourth-order valence-corrected chi connectivity index (χ4v) is 1.35. The molecule has 0 aromatic heterocycles. The lowest BCUT2D eigenvalue weighted by Gasteiger charge is -2.05. The topological polar surface area (TPSA) is 50.4 Å². The van der Waals surface area contributed by atoms with Gasteiger partial charge in [-0.25, -0.2) is 13.8 Å². The van der Waals surface area contributed by atoms with E-state index in [1.807, 2.05) is 0 Å². The first-order chi connectivity index (χ1) is 7.66. The maximum Gasteiger partial charge on any atom is 0.257 e. The zero-order valence-corrected chi connectivity index (χ0v) is 10.0. The second-order valence-electron chi connectivity index (χ2n) is 3.81. The molecular weight excluding hydrogens is 212 g/mol. The molecule has 0 amide bonds. The molecule has 0 unspecified atom stereocenters. The molecule has 0 aliphatic carbocycles. The highest BCUT2D eigenvalue weighted by molar-refractivity contribution is 5.77. The Morgan fingerprint density at radius 1 is 1.19 bits per heavy atom. The molecule has 16 heavy (non-hydrogen) atoms. The van der Waals surface area contributed by atoms with E-state index in [9.17, 15) is 8.78 Å². The lowest BCUT2D eigenvalue weighted by atomic mass is 10.1. The highest BCUT2D eigenvalue weighted by atomic mass is 19.3. The standard InChI is InChI=1S/C11H23F2N3/c1-2-3-4-5-6-7-8-15-11(14)16-9-10(12)13/h10H,2-9H2,1H3,(H3,14,15,16). The van der Waals surface area contributed by atoms with Crippen LogP contribution in [0, 0.1) is 0 Å². The quantitative estimate of drug-likeness (QED) is 0.366. The van der Waals surface area contributed by atoms with Crippen LogP contribution in [-0.4, -0.2) is 25.5 Å². The van der Waals surface area contributed by atoms with Crippen molar-refractivity contribution in [2.45, 2.75) is 51.9 Å². The molecule has 0 atom stereocenters. The van der Waals surface area contributed by atoms with Crippen molar-refractivity contribution in [2.24, 2.45) is 10.7 Å². The number of nitrogens with zero attached hydrogens (tertiary/aromatic N) is 1. The van der Waals surface area contributed by atoms with Crippen molar-refractivity contribution in [1.82, 2.24) is 5.32 Å². The predicted molar refractivity (Wildman–Crippen MR) is 63.9 cm³/mol. The average molecular weight is 235 g/mol. The molecule has 0 heterocycles. The van der Waals surface area contributed by atoms with Crippen molar-refractivity contribution >= 4 is 5.96 Å². The lowest BCUT2D eigenvalue weighted by Crippen LogP contribution is -2.32. The van der Waals surface area contributed by atoms with E-state index in [0.717, 1.165) is 12.8 Å². The summed E-state index contributed by atoms with van der Waals surface area (Å²) in [6.45, 7) is 2.38. The van der Waals surface area contributed by atoms with Crippen LogP contribution in [-0.2, 0) is 0 Å². The minimum absolute atomic E-state index is 0.119. The fraction of sp³-hybridized carbons (Fsp3) is 0.909. The highest BCUT2D eigenvalue weighted by Gasteiger charge is 1.99. The van der Waals surface area contributed by atoms with Crippen molar-refractivity contribution in [1.29, 1.82) is 0 Å². The van der Waals surface area contributed by atoms with E-state index in [2.05, 4.69) is 17.2 Å². The molecule has 0 saturated heterocycles. The van der Waals surface area contributed by atoms with Gasteiger partial charge in [-0.15, -0.1) is 0 Å². The van der Waals surface area contributed by atoms with Crippen LogP contribution in [0.5, 0.6) is 0 Å². The summed E-state index contributed by atoms with van der Waals surface area (Å²) in [6.07, 6.45) is 4.75. The molecule has 3 N–H and O–H groups in total. The van der Waals surface area contributed by atoms with Crippen molar-refractivity contribution in [3.8, 4) is 0 Å². The van der Waals surface area contributed by atoms with Crippen LogP contribution >= 0.6 is 0 Å². The van der Waals surface area contributed by atoms with Gasteiger partial charge in [0.15, 0.2) is 5.96 Å². The number of guanidine groups is 1. The van der Waals surface area contributed by atoms with Crippen LogP contribution in [0.2, 0.25) is 0 Å². The number of unbranched alkanes of at least 4 members (excludes halogenated alkanes) is 5. The second kappa shape index (κ2) is 10.6.